The van der Waals surface area contributed by atoms with Crippen LogP contribution in [0.25, 0.3) is 5.69 Å². The Morgan fingerprint density at radius 3 is 2.80 bits per heavy atom. The van der Waals surface area contributed by atoms with Gasteiger partial charge in [0.1, 0.15) is 6.33 Å². The first-order valence-electron chi connectivity index (χ1n) is 5.65. The molecule has 0 aliphatic carbocycles. The van der Waals surface area contributed by atoms with Gasteiger partial charge in [0.15, 0.2) is 5.69 Å². The number of carbonyl (C=O) groups is 1. The van der Waals surface area contributed by atoms with Crippen LogP contribution in [0.2, 0.25) is 0 Å². The average molecular weight is 287 g/mol. The smallest absolute Gasteiger partial charge is 0.265 e. The lowest BCUT2D eigenvalue weighted by Gasteiger charge is -2.01. The Labute approximate surface area is 118 Å². The summed E-state index contributed by atoms with van der Waals surface area (Å²) in [6.45, 7) is 0. The summed E-state index contributed by atoms with van der Waals surface area (Å²) in [5.41, 5.74) is 3.48. The number of hydrogen-bond acceptors (Lipinski definition) is 5. The normalized spacial score (nSPS) is 10.4. The first-order valence-corrected chi connectivity index (χ1v) is 6.06. The predicted octanol–water partition coefficient (Wildman–Crippen LogP) is 0.905. The molecule has 0 atom stereocenters. The zero-order chi connectivity index (χ0) is 13.9. The van der Waals surface area contributed by atoms with Crippen molar-refractivity contribution in [2.75, 3.05) is 5.43 Å². The van der Waals surface area contributed by atoms with E-state index in [9.17, 15) is 4.79 Å². The Morgan fingerprint density at radius 1 is 1.30 bits per heavy atom. The van der Waals surface area contributed by atoms with Crippen molar-refractivity contribution < 1.29 is 4.79 Å². The number of amides is 1. The fourth-order valence-corrected chi connectivity index (χ4v) is 1.69. The summed E-state index contributed by atoms with van der Waals surface area (Å²) < 4.78 is 1.58. The van der Waals surface area contributed by atoms with Crippen LogP contribution in [0, 0.1) is 4.77 Å². The number of aromatic amines is 1. The number of H-pyrrole nitrogens is 1. The maximum Gasteiger partial charge on any atom is 0.292 e. The number of benzene rings is 1. The van der Waals surface area contributed by atoms with Crippen molar-refractivity contribution in [3.05, 3.63) is 53.3 Å². The molecular formula is C11H9N7OS. The van der Waals surface area contributed by atoms with E-state index in [0.29, 0.717) is 0 Å². The second-order valence-electron chi connectivity index (χ2n) is 3.83. The fraction of sp³-hybridized carbons (Fsp3) is 0. The Morgan fingerprint density at radius 2 is 2.10 bits per heavy atom. The van der Waals surface area contributed by atoms with Gasteiger partial charge in [0.2, 0.25) is 4.77 Å². The van der Waals surface area contributed by atoms with Crippen molar-refractivity contribution in [2.24, 2.45) is 0 Å². The zero-order valence-electron chi connectivity index (χ0n) is 10.1. The lowest BCUT2D eigenvalue weighted by molar-refractivity contribution is 0.100. The molecular weight excluding hydrogens is 278 g/mol. The van der Waals surface area contributed by atoms with Crippen LogP contribution in [0.1, 0.15) is 10.5 Å². The van der Waals surface area contributed by atoms with Crippen LogP contribution < -0.4 is 5.43 Å². The molecule has 2 N–H and O–H groups in total. The summed E-state index contributed by atoms with van der Waals surface area (Å²) in [6, 6.07) is 9.30. The second-order valence-corrected chi connectivity index (χ2v) is 4.21. The number of hydrogen-bond donors (Lipinski definition) is 2. The molecule has 1 aromatic carbocycles. The Kier molecular flexibility index (Phi) is 3.09. The highest BCUT2D eigenvalue weighted by molar-refractivity contribution is 7.71. The standard InChI is InChI=1S/C11H9N7OS/c19-10(16-17-7-12-14-11(17)20)9-6-13-18(15-9)8-4-2-1-3-5-8/h1-7H,(H,14,20)(H,16,19). The summed E-state index contributed by atoms with van der Waals surface area (Å²) in [7, 11) is 0. The summed E-state index contributed by atoms with van der Waals surface area (Å²) in [6.07, 6.45) is 2.74. The SMILES string of the molecule is O=C(Nn1cn[nH]c1=S)c1cnn(-c2ccccc2)n1. The minimum atomic E-state index is -0.426. The largest absolute Gasteiger partial charge is 0.292 e. The van der Waals surface area contributed by atoms with Crippen molar-refractivity contribution in [2.45, 2.75) is 0 Å². The van der Waals surface area contributed by atoms with E-state index in [1.807, 2.05) is 30.3 Å². The molecule has 0 bridgehead atoms. The number of aromatic nitrogens is 6. The molecule has 0 aliphatic rings. The maximum atomic E-state index is 12.0. The van der Waals surface area contributed by atoms with Gasteiger partial charge in [0.25, 0.3) is 5.91 Å². The third-order valence-electron chi connectivity index (χ3n) is 2.49. The number of carbonyl (C=O) groups excluding carboxylic acids is 1. The van der Waals surface area contributed by atoms with E-state index in [4.69, 9.17) is 12.2 Å². The van der Waals surface area contributed by atoms with Crippen molar-refractivity contribution in [3.63, 3.8) is 0 Å². The third kappa shape index (κ3) is 2.34. The van der Waals surface area contributed by atoms with Gasteiger partial charge in [0.05, 0.1) is 11.9 Å². The van der Waals surface area contributed by atoms with E-state index < -0.39 is 5.91 Å². The Balaban J connectivity index is 1.82. The lowest BCUT2D eigenvalue weighted by Crippen LogP contribution is -2.22. The number of nitrogens with one attached hydrogen (secondary N) is 2. The third-order valence-corrected chi connectivity index (χ3v) is 2.77. The van der Waals surface area contributed by atoms with Gasteiger partial charge < -0.3 is 0 Å². The van der Waals surface area contributed by atoms with E-state index in [1.165, 1.54) is 22.0 Å². The van der Waals surface area contributed by atoms with Crippen LogP contribution in [0.3, 0.4) is 0 Å². The summed E-state index contributed by atoms with van der Waals surface area (Å²) in [5.74, 6) is -0.426. The molecule has 9 heteroatoms. The van der Waals surface area contributed by atoms with Crippen LogP contribution in [0.4, 0.5) is 0 Å². The van der Waals surface area contributed by atoms with Gasteiger partial charge in [-0.3, -0.25) is 15.3 Å². The van der Waals surface area contributed by atoms with E-state index in [0.717, 1.165) is 5.69 Å². The average Bonchev–Trinajstić information content (AvgIpc) is 3.10. The number of para-hydroxylation sites is 1. The van der Waals surface area contributed by atoms with Crippen molar-refractivity contribution in [1.29, 1.82) is 0 Å². The van der Waals surface area contributed by atoms with Crippen molar-refractivity contribution in [3.8, 4) is 5.69 Å². The molecule has 0 spiro atoms. The second kappa shape index (κ2) is 5.05. The van der Waals surface area contributed by atoms with Crippen LogP contribution >= 0.6 is 12.2 Å². The zero-order valence-corrected chi connectivity index (χ0v) is 10.9. The molecule has 0 saturated heterocycles. The van der Waals surface area contributed by atoms with E-state index >= 15 is 0 Å². The summed E-state index contributed by atoms with van der Waals surface area (Å²) in [4.78, 5) is 13.4. The molecule has 3 aromatic rings. The molecule has 20 heavy (non-hydrogen) atoms. The van der Waals surface area contributed by atoms with E-state index in [2.05, 4.69) is 25.8 Å². The minimum Gasteiger partial charge on any atom is -0.265 e. The molecule has 1 amide bonds. The van der Waals surface area contributed by atoms with Crippen molar-refractivity contribution >= 4 is 18.1 Å². The van der Waals surface area contributed by atoms with Gasteiger partial charge in [0, 0.05) is 0 Å². The Hall–Kier alpha value is -2.81. The monoisotopic (exact) mass is 287 g/mol. The van der Waals surface area contributed by atoms with Gasteiger partial charge >= 0.3 is 0 Å². The predicted molar refractivity (Wildman–Crippen MR) is 72.5 cm³/mol. The molecule has 3 rings (SSSR count). The fourth-order valence-electron chi connectivity index (χ4n) is 1.55. The Bertz CT molecular complexity index is 788. The summed E-state index contributed by atoms with van der Waals surface area (Å²) >= 11 is 4.92. The molecule has 0 unspecified atom stereocenters. The van der Waals surface area contributed by atoms with Crippen LogP contribution in [0.15, 0.2) is 42.9 Å². The van der Waals surface area contributed by atoms with Gasteiger partial charge in [-0.25, -0.2) is 4.68 Å². The first kappa shape index (κ1) is 12.2. The van der Waals surface area contributed by atoms with E-state index in [1.54, 1.807) is 0 Å². The quantitative estimate of drug-likeness (QED) is 0.698. The van der Waals surface area contributed by atoms with Crippen LogP contribution in [0.5, 0.6) is 0 Å². The van der Waals surface area contributed by atoms with Crippen LogP contribution in [-0.2, 0) is 0 Å². The topological polar surface area (TPSA) is 93.4 Å². The highest BCUT2D eigenvalue weighted by atomic mass is 32.1. The number of nitrogens with zero attached hydrogens (tertiary/aromatic N) is 5. The van der Waals surface area contributed by atoms with E-state index in [-0.39, 0.29) is 10.5 Å². The van der Waals surface area contributed by atoms with Gasteiger partial charge in [-0.1, -0.05) is 18.2 Å². The molecule has 100 valence electrons. The molecule has 0 aliphatic heterocycles. The highest BCUT2D eigenvalue weighted by Gasteiger charge is 2.12. The van der Waals surface area contributed by atoms with Gasteiger partial charge in [-0.15, -0.1) is 5.10 Å². The van der Waals surface area contributed by atoms with Gasteiger partial charge in [-0.05, 0) is 24.4 Å². The van der Waals surface area contributed by atoms with Gasteiger partial charge in [-0.2, -0.15) is 15.0 Å². The molecule has 2 aromatic heterocycles. The lowest BCUT2D eigenvalue weighted by atomic mass is 10.3. The van der Waals surface area contributed by atoms with Crippen molar-refractivity contribution in [1.82, 2.24) is 29.9 Å². The molecule has 2 heterocycles. The maximum absolute atomic E-state index is 12.0. The summed E-state index contributed by atoms with van der Waals surface area (Å²) in [5, 5.41) is 14.4. The molecule has 0 saturated carbocycles. The minimum absolute atomic E-state index is 0.178. The van der Waals surface area contributed by atoms with Crippen LogP contribution in [-0.4, -0.2) is 35.8 Å². The number of rotatable bonds is 3. The molecule has 0 radical (unpaired) electrons. The highest BCUT2D eigenvalue weighted by Crippen LogP contribution is 2.04. The molecule has 0 fully saturated rings. The molecule has 8 nitrogen and oxygen atoms in total. The first-order chi connectivity index (χ1) is 9.74.